The van der Waals surface area contributed by atoms with Crippen molar-refractivity contribution >= 4 is 17.1 Å². The zero-order chi connectivity index (χ0) is 21.2. The number of anilines is 3. The molecular formula is C21H34N6O. The summed E-state index contributed by atoms with van der Waals surface area (Å²) in [5, 5.41) is 22.3. The van der Waals surface area contributed by atoms with Crippen molar-refractivity contribution in [1.29, 1.82) is 0 Å². The van der Waals surface area contributed by atoms with E-state index in [9.17, 15) is 5.11 Å². The van der Waals surface area contributed by atoms with E-state index in [-0.39, 0.29) is 5.75 Å². The minimum Gasteiger partial charge on any atom is -0.508 e. The van der Waals surface area contributed by atoms with Gasteiger partial charge < -0.3 is 20.1 Å². The Hall–Kier alpha value is -2.48. The molecule has 0 aromatic heterocycles. The molecule has 0 unspecified atom stereocenters. The Morgan fingerprint density at radius 2 is 0.964 bits per heavy atom. The Balaban J connectivity index is 2.85. The predicted octanol–water partition coefficient (Wildman–Crippen LogP) is 2.80. The standard InChI is InChI=1S/C21H34N6O/c1-22(2)25(7)17-14-19(26(8)23(3)4)21(16-10-12-18(28)13-11-16)20(15-17)27(9)24(5)6/h10-15,28H,1-9H3. The summed E-state index contributed by atoms with van der Waals surface area (Å²) in [7, 11) is 18.3. The zero-order valence-corrected chi connectivity index (χ0v) is 18.6. The molecule has 2 aromatic carbocycles. The van der Waals surface area contributed by atoms with E-state index in [4.69, 9.17) is 0 Å². The first-order valence-corrected chi connectivity index (χ1v) is 9.25. The summed E-state index contributed by atoms with van der Waals surface area (Å²) in [6, 6.07) is 11.8. The van der Waals surface area contributed by atoms with Gasteiger partial charge in [0.25, 0.3) is 0 Å². The van der Waals surface area contributed by atoms with Crippen molar-refractivity contribution in [3.63, 3.8) is 0 Å². The lowest BCUT2D eigenvalue weighted by atomic mass is 9.99. The molecular weight excluding hydrogens is 352 g/mol. The number of benzene rings is 2. The van der Waals surface area contributed by atoms with Crippen LogP contribution in [-0.4, -0.2) is 83.6 Å². The summed E-state index contributed by atoms with van der Waals surface area (Å²) in [4.78, 5) is 0. The van der Waals surface area contributed by atoms with Gasteiger partial charge in [0.1, 0.15) is 5.75 Å². The minimum atomic E-state index is 0.262. The van der Waals surface area contributed by atoms with Gasteiger partial charge in [-0.1, -0.05) is 12.1 Å². The molecule has 0 heterocycles. The molecule has 7 nitrogen and oxygen atoms in total. The average Bonchev–Trinajstić information content (AvgIpc) is 2.65. The van der Waals surface area contributed by atoms with Crippen LogP contribution in [0.4, 0.5) is 17.1 Å². The fraction of sp³-hybridized carbons (Fsp3) is 0.429. The number of aromatic hydroxyl groups is 1. The lowest BCUT2D eigenvalue weighted by Crippen LogP contribution is -2.37. The number of phenols is 1. The van der Waals surface area contributed by atoms with Gasteiger partial charge in [-0.2, -0.15) is 0 Å². The van der Waals surface area contributed by atoms with Crippen molar-refractivity contribution in [3.8, 4) is 16.9 Å². The highest BCUT2D eigenvalue weighted by Gasteiger charge is 2.22. The van der Waals surface area contributed by atoms with Crippen molar-refractivity contribution in [3.05, 3.63) is 36.4 Å². The molecule has 7 heteroatoms. The topological polar surface area (TPSA) is 39.7 Å². The molecule has 1 N–H and O–H groups in total. The van der Waals surface area contributed by atoms with Crippen LogP contribution in [0.15, 0.2) is 36.4 Å². The van der Waals surface area contributed by atoms with E-state index in [2.05, 4.69) is 63.3 Å². The second kappa shape index (κ2) is 8.68. The predicted molar refractivity (Wildman–Crippen MR) is 120 cm³/mol. The van der Waals surface area contributed by atoms with E-state index < -0.39 is 0 Å². The van der Waals surface area contributed by atoms with Crippen molar-refractivity contribution in [2.24, 2.45) is 0 Å². The second-order valence-corrected chi connectivity index (χ2v) is 7.52. The summed E-state index contributed by atoms with van der Waals surface area (Å²) in [6.07, 6.45) is 0. The van der Waals surface area contributed by atoms with Gasteiger partial charge in [0, 0.05) is 69.0 Å². The van der Waals surface area contributed by atoms with Crippen molar-refractivity contribution in [1.82, 2.24) is 15.0 Å². The van der Waals surface area contributed by atoms with Crippen molar-refractivity contribution in [2.75, 3.05) is 78.5 Å². The second-order valence-electron chi connectivity index (χ2n) is 7.52. The number of hydrogen-bond acceptors (Lipinski definition) is 7. The van der Waals surface area contributed by atoms with Crippen LogP contribution in [0, 0.1) is 0 Å². The molecule has 0 amide bonds. The first-order valence-electron chi connectivity index (χ1n) is 9.25. The molecule has 0 saturated carbocycles. The molecule has 0 fully saturated rings. The number of nitrogens with zero attached hydrogens (tertiary/aromatic N) is 6. The summed E-state index contributed by atoms with van der Waals surface area (Å²) in [6.45, 7) is 0. The van der Waals surface area contributed by atoms with E-state index in [1.165, 1.54) is 0 Å². The summed E-state index contributed by atoms with van der Waals surface area (Å²) >= 11 is 0. The molecule has 0 aliphatic heterocycles. The van der Waals surface area contributed by atoms with E-state index in [1.54, 1.807) is 12.1 Å². The highest BCUT2D eigenvalue weighted by Crippen LogP contribution is 2.43. The molecule has 0 atom stereocenters. The van der Waals surface area contributed by atoms with E-state index in [1.807, 2.05) is 54.4 Å². The van der Waals surface area contributed by atoms with Gasteiger partial charge in [0.2, 0.25) is 0 Å². The van der Waals surface area contributed by atoms with Gasteiger partial charge in [-0.05, 0) is 29.8 Å². The maximum Gasteiger partial charge on any atom is 0.115 e. The summed E-state index contributed by atoms with van der Waals surface area (Å²) < 4.78 is 0. The Labute approximate surface area is 169 Å². The first kappa shape index (κ1) is 21.8. The largest absolute Gasteiger partial charge is 0.508 e. The van der Waals surface area contributed by atoms with E-state index >= 15 is 0 Å². The third-order valence-corrected chi connectivity index (χ3v) is 5.11. The SMILES string of the molecule is CN(C)N(C)c1cc(N(C)N(C)C)c(-c2ccc(O)cc2)c(N(C)N(C)C)c1. The van der Waals surface area contributed by atoms with Crippen LogP contribution < -0.4 is 15.0 Å². The molecule has 154 valence electrons. The highest BCUT2D eigenvalue weighted by molar-refractivity contribution is 5.92. The molecule has 0 radical (unpaired) electrons. The number of phenolic OH excluding ortho intramolecular Hbond substituents is 1. The molecule has 0 bridgehead atoms. The first-order chi connectivity index (χ1) is 13.0. The van der Waals surface area contributed by atoms with E-state index in [0.717, 1.165) is 28.2 Å². The number of rotatable bonds is 7. The lowest BCUT2D eigenvalue weighted by molar-refractivity contribution is 0.389. The Morgan fingerprint density at radius 1 is 0.571 bits per heavy atom. The van der Waals surface area contributed by atoms with Gasteiger partial charge in [-0.15, -0.1) is 0 Å². The smallest absolute Gasteiger partial charge is 0.115 e. The zero-order valence-electron chi connectivity index (χ0n) is 18.6. The monoisotopic (exact) mass is 386 g/mol. The molecule has 0 spiro atoms. The minimum absolute atomic E-state index is 0.262. The maximum absolute atomic E-state index is 9.77. The third-order valence-electron chi connectivity index (χ3n) is 5.11. The van der Waals surface area contributed by atoms with Gasteiger partial charge in [-0.3, -0.25) is 0 Å². The fourth-order valence-electron chi connectivity index (χ4n) is 2.88. The van der Waals surface area contributed by atoms with E-state index in [0.29, 0.717) is 0 Å². The third kappa shape index (κ3) is 4.49. The normalized spacial score (nSPS) is 11.4. The van der Waals surface area contributed by atoms with Crippen LogP contribution in [0.2, 0.25) is 0 Å². The number of hydrogen-bond donors (Lipinski definition) is 1. The van der Waals surface area contributed by atoms with Crippen molar-refractivity contribution < 1.29 is 5.11 Å². The van der Waals surface area contributed by atoms with Crippen molar-refractivity contribution in [2.45, 2.75) is 0 Å². The Morgan fingerprint density at radius 3 is 1.32 bits per heavy atom. The van der Waals surface area contributed by atoms with Crippen LogP contribution in [0.25, 0.3) is 11.1 Å². The molecule has 2 rings (SSSR count). The van der Waals surface area contributed by atoms with Crippen LogP contribution in [0.5, 0.6) is 5.75 Å². The van der Waals surface area contributed by atoms with Crippen LogP contribution in [-0.2, 0) is 0 Å². The van der Waals surface area contributed by atoms with Crippen LogP contribution >= 0.6 is 0 Å². The van der Waals surface area contributed by atoms with Gasteiger partial charge in [0.05, 0.1) is 17.1 Å². The average molecular weight is 387 g/mol. The molecule has 0 aliphatic rings. The Kier molecular flexibility index (Phi) is 6.77. The summed E-state index contributed by atoms with van der Waals surface area (Å²) in [5.41, 5.74) is 5.38. The Bertz CT molecular complexity index is 753. The molecule has 0 aliphatic carbocycles. The fourth-order valence-corrected chi connectivity index (χ4v) is 2.88. The van der Waals surface area contributed by atoms with Gasteiger partial charge in [0.15, 0.2) is 0 Å². The van der Waals surface area contributed by atoms with Crippen LogP contribution in [0.3, 0.4) is 0 Å². The summed E-state index contributed by atoms with van der Waals surface area (Å²) in [5.74, 6) is 0.262. The quantitative estimate of drug-likeness (QED) is 0.734. The molecule has 28 heavy (non-hydrogen) atoms. The van der Waals surface area contributed by atoms with Gasteiger partial charge >= 0.3 is 0 Å². The maximum atomic E-state index is 9.77. The van der Waals surface area contributed by atoms with Gasteiger partial charge in [-0.25, -0.2) is 15.0 Å². The molecule has 0 saturated heterocycles. The van der Waals surface area contributed by atoms with Crippen LogP contribution in [0.1, 0.15) is 0 Å². The highest BCUT2D eigenvalue weighted by atomic mass is 16.3. The lowest BCUT2D eigenvalue weighted by Gasteiger charge is -2.36. The number of hydrazine groups is 3. The molecule has 2 aromatic rings.